The summed E-state index contributed by atoms with van der Waals surface area (Å²) < 4.78 is 6.17. The molecule has 3 rings (SSSR count). The fourth-order valence-electron chi connectivity index (χ4n) is 3.16. The molecule has 27 heavy (non-hydrogen) atoms. The topological polar surface area (TPSA) is 66.0 Å². The zero-order chi connectivity index (χ0) is 19.6. The third-order valence-electron chi connectivity index (χ3n) is 4.51. The molecule has 0 bridgehead atoms. The van der Waals surface area contributed by atoms with Gasteiger partial charge in [0, 0.05) is 11.1 Å². The average molecular weight is 378 g/mol. The van der Waals surface area contributed by atoms with Gasteiger partial charge in [-0.15, -0.1) is 0 Å². The van der Waals surface area contributed by atoms with Crippen molar-refractivity contribution in [3.05, 3.63) is 68.9 Å². The Morgan fingerprint density at radius 1 is 1.26 bits per heavy atom. The van der Waals surface area contributed by atoms with Crippen LogP contribution in [0.1, 0.15) is 42.1 Å². The third kappa shape index (κ3) is 3.72. The van der Waals surface area contributed by atoms with Crippen LogP contribution in [0, 0.1) is 25.2 Å². The Labute approximate surface area is 163 Å². The molecule has 0 fully saturated rings. The van der Waals surface area contributed by atoms with E-state index >= 15 is 0 Å². The molecule has 1 atom stereocenters. The number of aryl methyl sites for hydroxylation is 1. The quantitative estimate of drug-likeness (QED) is 0.588. The van der Waals surface area contributed by atoms with Crippen molar-refractivity contribution in [1.29, 1.82) is 5.26 Å². The van der Waals surface area contributed by atoms with E-state index in [0.717, 1.165) is 22.6 Å². The van der Waals surface area contributed by atoms with Crippen LogP contribution in [0.15, 0.2) is 50.7 Å². The lowest BCUT2D eigenvalue weighted by molar-refractivity contribution is 0.488. The van der Waals surface area contributed by atoms with Crippen LogP contribution in [0.25, 0.3) is 11.0 Å². The first-order valence-electron chi connectivity index (χ1n) is 8.92. The molecule has 0 spiro atoms. The molecule has 0 aliphatic heterocycles. The maximum absolute atomic E-state index is 12.9. The monoisotopic (exact) mass is 378 g/mol. The van der Waals surface area contributed by atoms with E-state index in [-0.39, 0.29) is 11.5 Å². The molecular formula is C22H22N2O2S. The highest BCUT2D eigenvalue weighted by Crippen LogP contribution is 2.32. The smallest absolute Gasteiger partial charge is 0.196 e. The molecule has 0 unspecified atom stereocenters. The van der Waals surface area contributed by atoms with E-state index in [4.69, 9.17) is 4.42 Å². The first-order chi connectivity index (χ1) is 13.0. The standard InChI is InChI=1S/C22H22N2O2S/c1-5-27-22-14(3)20(25)18-11-13(2)10-17(21(18)26-22)15(4)24-19-9-7-6-8-16(19)12-23/h6-11,15,24H,5H2,1-4H3/t15-/m1/s1. The molecule has 3 aromatic rings. The molecule has 0 aliphatic rings. The Balaban J connectivity index is 2.15. The van der Waals surface area contributed by atoms with Gasteiger partial charge in [0.15, 0.2) is 10.5 Å². The van der Waals surface area contributed by atoms with Crippen molar-refractivity contribution in [2.45, 2.75) is 38.8 Å². The summed E-state index contributed by atoms with van der Waals surface area (Å²) in [6.07, 6.45) is 0. The van der Waals surface area contributed by atoms with Crippen LogP contribution in [0.2, 0.25) is 0 Å². The Bertz CT molecular complexity index is 1100. The molecule has 2 aromatic carbocycles. The molecule has 0 amide bonds. The number of fused-ring (bicyclic) bond motifs is 1. The fraction of sp³-hybridized carbons (Fsp3) is 0.273. The average Bonchev–Trinajstić information content (AvgIpc) is 2.66. The van der Waals surface area contributed by atoms with Crippen molar-refractivity contribution in [1.82, 2.24) is 0 Å². The van der Waals surface area contributed by atoms with Gasteiger partial charge in [0.2, 0.25) is 0 Å². The number of hydrogen-bond acceptors (Lipinski definition) is 5. The highest BCUT2D eigenvalue weighted by atomic mass is 32.2. The molecule has 1 aromatic heterocycles. The number of nitrogens with one attached hydrogen (secondary N) is 1. The lowest BCUT2D eigenvalue weighted by Crippen LogP contribution is -2.12. The lowest BCUT2D eigenvalue weighted by Gasteiger charge is -2.19. The second-order valence-electron chi connectivity index (χ2n) is 6.53. The summed E-state index contributed by atoms with van der Waals surface area (Å²) in [5, 5.41) is 14.0. The van der Waals surface area contributed by atoms with Crippen molar-refractivity contribution in [2.75, 3.05) is 11.1 Å². The molecule has 4 nitrogen and oxygen atoms in total. The highest BCUT2D eigenvalue weighted by molar-refractivity contribution is 7.99. The molecule has 0 saturated heterocycles. The van der Waals surface area contributed by atoms with Crippen molar-refractivity contribution < 1.29 is 4.42 Å². The summed E-state index contributed by atoms with van der Waals surface area (Å²) in [5.74, 6) is 0.833. The first-order valence-corrected chi connectivity index (χ1v) is 9.91. The Morgan fingerprint density at radius 2 is 2.00 bits per heavy atom. The number of para-hydroxylation sites is 1. The summed E-state index contributed by atoms with van der Waals surface area (Å²) in [7, 11) is 0. The normalized spacial score (nSPS) is 12.0. The van der Waals surface area contributed by atoms with Gasteiger partial charge in [0.05, 0.1) is 22.7 Å². The Morgan fingerprint density at radius 3 is 2.70 bits per heavy atom. The second-order valence-corrected chi connectivity index (χ2v) is 7.77. The van der Waals surface area contributed by atoms with E-state index in [1.807, 2.05) is 58.0 Å². The van der Waals surface area contributed by atoms with Crippen LogP contribution in [0.5, 0.6) is 0 Å². The predicted octanol–water partition coefficient (Wildman–Crippen LogP) is 5.57. The van der Waals surface area contributed by atoms with Crippen molar-refractivity contribution in [3.8, 4) is 6.07 Å². The van der Waals surface area contributed by atoms with Crippen LogP contribution < -0.4 is 10.7 Å². The van der Waals surface area contributed by atoms with E-state index in [0.29, 0.717) is 27.2 Å². The van der Waals surface area contributed by atoms with Gasteiger partial charge in [-0.25, -0.2) is 0 Å². The number of rotatable bonds is 5. The first kappa shape index (κ1) is 19.1. The zero-order valence-corrected chi connectivity index (χ0v) is 16.7. The number of thioether (sulfide) groups is 1. The third-order valence-corrected chi connectivity index (χ3v) is 5.45. The fourth-order valence-corrected chi connectivity index (χ4v) is 3.87. The number of benzene rings is 2. The largest absolute Gasteiger partial charge is 0.449 e. The summed E-state index contributed by atoms with van der Waals surface area (Å²) in [5.41, 5.74) is 4.54. The minimum absolute atomic E-state index is 0.0155. The Hall–Kier alpha value is -2.71. The van der Waals surface area contributed by atoms with Crippen LogP contribution in [0.3, 0.4) is 0 Å². The number of nitrogens with zero attached hydrogens (tertiary/aromatic N) is 1. The van der Waals surface area contributed by atoms with E-state index in [1.165, 1.54) is 11.8 Å². The lowest BCUT2D eigenvalue weighted by atomic mass is 10.00. The Kier molecular flexibility index (Phi) is 5.57. The van der Waals surface area contributed by atoms with Gasteiger partial charge in [-0.1, -0.05) is 36.9 Å². The minimum Gasteiger partial charge on any atom is -0.449 e. The molecule has 138 valence electrons. The van der Waals surface area contributed by atoms with Crippen molar-refractivity contribution >= 4 is 28.4 Å². The molecular weight excluding hydrogens is 356 g/mol. The van der Waals surface area contributed by atoms with Gasteiger partial charge in [0.25, 0.3) is 0 Å². The molecule has 1 N–H and O–H groups in total. The summed E-state index contributed by atoms with van der Waals surface area (Å²) >= 11 is 1.54. The maximum atomic E-state index is 12.9. The molecule has 0 aliphatic carbocycles. The molecule has 0 radical (unpaired) electrons. The molecule has 1 heterocycles. The van der Waals surface area contributed by atoms with Crippen molar-refractivity contribution in [2.24, 2.45) is 0 Å². The van der Waals surface area contributed by atoms with Crippen LogP contribution >= 0.6 is 11.8 Å². The summed E-state index contributed by atoms with van der Waals surface area (Å²) in [6.45, 7) is 7.83. The van der Waals surface area contributed by atoms with Gasteiger partial charge in [0.1, 0.15) is 11.7 Å². The predicted molar refractivity (Wildman–Crippen MR) is 112 cm³/mol. The van der Waals surface area contributed by atoms with Gasteiger partial charge in [-0.2, -0.15) is 5.26 Å². The van der Waals surface area contributed by atoms with Gasteiger partial charge in [-0.3, -0.25) is 4.79 Å². The van der Waals surface area contributed by atoms with Crippen LogP contribution in [-0.4, -0.2) is 5.75 Å². The number of nitriles is 1. The molecule has 0 saturated carbocycles. The van der Waals surface area contributed by atoms with E-state index < -0.39 is 0 Å². The maximum Gasteiger partial charge on any atom is 0.196 e. The van der Waals surface area contributed by atoms with Gasteiger partial charge < -0.3 is 9.73 Å². The van der Waals surface area contributed by atoms with Crippen molar-refractivity contribution in [3.63, 3.8) is 0 Å². The van der Waals surface area contributed by atoms with E-state index in [9.17, 15) is 10.1 Å². The molecule has 5 heteroatoms. The van der Waals surface area contributed by atoms with Gasteiger partial charge in [-0.05, 0) is 50.3 Å². The van der Waals surface area contributed by atoms with E-state index in [2.05, 4.69) is 11.4 Å². The number of hydrogen-bond donors (Lipinski definition) is 1. The SMILES string of the molecule is CCSc1oc2c([C@@H](C)Nc3ccccc3C#N)cc(C)cc2c(=O)c1C. The number of anilines is 1. The second kappa shape index (κ2) is 7.89. The van der Waals surface area contributed by atoms with Gasteiger partial charge >= 0.3 is 0 Å². The summed E-state index contributed by atoms with van der Waals surface area (Å²) in [6, 6.07) is 13.4. The van der Waals surface area contributed by atoms with Crippen LogP contribution in [0.4, 0.5) is 5.69 Å². The minimum atomic E-state index is -0.132. The summed E-state index contributed by atoms with van der Waals surface area (Å²) in [4.78, 5) is 12.9. The zero-order valence-electron chi connectivity index (χ0n) is 15.9. The van der Waals surface area contributed by atoms with Crippen LogP contribution in [-0.2, 0) is 0 Å². The van der Waals surface area contributed by atoms with E-state index in [1.54, 1.807) is 6.07 Å². The highest BCUT2D eigenvalue weighted by Gasteiger charge is 2.18.